The summed E-state index contributed by atoms with van der Waals surface area (Å²) in [6.07, 6.45) is -5.18. The Kier molecular flexibility index (Phi) is 8.22. The van der Waals surface area contributed by atoms with Crippen LogP contribution < -0.4 is 0 Å². The monoisotopic (exact) mass is 454 g/mol. The van der Waals surface area contributed by atoms with Crippen molar-refractivity contribution in [2.45, 2.75) is 23.2 Å². The van der Waals surface area contributed by atoms with E-state index in [1.165, 1.54) is 0 Å². The summed E-state index contributed by atoms with van der Waals surface area (Å²) in [4.78, 5) is 11.3. The second-order valence-corrected chi connectivity index (χ2v) is 9.06. The number of likely N-dealkylation sites (N-methyl/N-ethyl adjacent to an activating group) is 1. The maximum absolute atomic E-state index is 12.9. The number of sulfonamides is 1. The number of alkyl halides is 3. The van der Waals surface area contributed by atoms with Crippen LogP contribution in [0, 0.1) is 5.92 Å². The molecule has 0 amide bonds. The smallest absolute Gasteiger partial charge is 0.475 e. The van der Waals surface area contributed by atoms with Gasteiger partial charge in [0, 0.05) is 19.0 Å². The van der Waals surface area contributed by atoms with E-state index in [-0.39, 0.29) is 18.1 Å². The van der Waals surface area contributed by atoms with Crippen molar-refractivity contribution in [1.29, 1.82) is 0 Å². The Labute approximate surface area is 173 Å². The fourth-order valence-electron chi connectivity index (χ4n) is 3.23. The van der Waals surface area contributed by atoms with Gasteiger partial charge in [-0.05, 0) is 26.2 Å². The molecule has 0 bridgehead atoms. The van der Waals surface area contributed by atoms with Gasteiger partial charge in [-0.15, -0.1) is 0 Å². The molecule has 0 unspecified atom stereocenters. The average Bonchev–Trinajstić information content (AvgIpc) is 3.25. The van der Waals surface area contributed by atoms with E-state index < -0.39 is 22.2 Å². The number of rotatable bonds is 6. The lowest BCUT2D eigenvalue weighted by Gasteiger charge is -2.21. The first kappa shape index (κ1) is 24.5. The second kappa shape index (κ2) is 10.1. The predicted molar refractivity (Wildman–Crippen MR) is 100 cm³/mol. The van der Waals surface area contributed by atoms with Crippen LogP contribution in [0.3, 0.4) is 0 Å². The number of carbonyl (C=O) groups is 1. The molecule has 1 aromatic rings. The van der Waals surface area contributed by atoms with Crippen molar-refractivity contribution in [2.24, 2.45) is 5.92 Å². The zero-order valence-corrected chi connectivity index (χ0v) is 17.4. The van der Waals surface area contributed by atoms with Gasteiger partial charge in [0.1, 0.15) is 0 Å². The van der Waals surface area contributed by atoms with Gasteiger partial charge >= 0.3 is 12.1 Å². The van der Waals surface area contributed by atoms with Crippen LogP contribution in [0.15, 0.2) is 35.2 Å². The third kappa shape index (κ3) is 6.14. The SMILES string of the molecule is CN(C)CCO[C@H]1CN(S(=O)(=O)c2ccccc2)[C@@H]2COC[C@H]12.O=C(O)C(F)(F)F. The van der Waals surface area contributed by atoms with Crippen LogP contribution in [-0.2, 0) is 24.3 Å². The van der Waals surface area contributed by atoms with Gasteiger partial charge in [0.05, 0.1) is 36.9 Å². The van der Waals surface area contributed by atoms with Crippen LogP contribution in [-0.4, -0.2) is 94.0 Å². The maximum Gasteiger partial charge on any atom is 0.490 e. The molecule has 2 fully saturated rings. The van der Waals surface area contributed by atoms with Gasteiger partial charge in [-0.25, -0.2) is 13.2 Å². The molecule has 0 aliphatic carbocycles. The number of nitrogens with zero attached hydrogens (tertiary/aromatic N) is 2. The maximum atomic E-state index is 12.9. The summed E-state index contributed by atoms with van der Waals surface area (Å²) in [7, 11) is 0.479. The molecule has 1 aromatic carbocycles. The second-order valence-electron chi connectivity index (χ2n) is 7.17. The minimum Gasteiger partial charge on any atom is -0.475 e. The van der Waals surface area contributed by atoms with Gasteiger partial charge in [0.2, 0.25) is 10.0 Å². The number of halogens is 3. The summed E-state index contributed by atoms with van der Waals surface area (Å²) in [5.41, 5.74) is 0. The lowest BCUT2D eigenvalue weighted by molar-refractivity contribution is -0.192. The zero-order valence-electron chi connectivity index (χ0n) is 16.6. The minimum absolute atomic E-state index is 0.0964. The summed E-state index contributed by atoms with van der Waals surface area (Å²) >= 11 is 0. The Morgan fingerprint density at radius 1 is 1.27 bits per heavy atom. The molecule has 2 saturated heterocycles. The van der Waals surface area contributed by atoms with Gasteiger partial charge < -0.3 is 19.5 Å². The molecule has 30 heavy (non-hydrogen) atoms. The fraction of sp³-hybridized carbons (Fsp3) is 0.611. The molecule has 0 spiro atoms. The van der Waals surface area contributed by atoms with E-state index in [4.69, 9.17) is 19.4 Å². The quantitative estimate of drug-likeness (QED) is 0.692. The van der Waals surface area contributed by atoms with Crippen molar-refractivity contribution in [3.63, 3.8) is 0 Å². The minimum atomic E-state index is -5.08. The number of carboxylic acid groups (broad SMARTS) is 1. The standard InChI is InChI=1S/C16H24N2O4S.C2HF3O2/c1-17(2)8-9-22-16-10-18(15-12-21-11-14(15)16)23(19,20)13-6-4-3-5-7-13;3-2(4,5)1(6)7/h3-7,14-16H,8-12H2,1-2H3;(H,6,7)/t14-,15+,16-;/m0./s1. The number of benzene rings is 1. The van der Waals surface area contributed by atoms with Gasteiger partial charge in [-0.2, -0.15) is 17.5 Å². The summed E-state index contributed by atoms with van der Waals surface area (Å²) < 4.78 is 70.6. The first-order valence-electron chi connectivity index (χ1n) is 9.15. The molecule has 2 heterocycles. The molecule has 2 aliphatic rings. The molecule has 0 saturated carbocycles. The average molecular weight is 454 g/mol. The zero-order chi connectivity index (χ0) is 22.5. The van der Waals surface area contributed by atoms with Crippen molar-refractivity contribution >= 4 is 16.0 Å². The fourth-order valence-corrected chi connectivity index (χ4v) is 4.92. The molecular weight excluding hydrogens is 429 g/mol. The van der Waals surface area contributed by atoms with Crippen molar-refractivity contribution in [1.82, 2.24) is 9.21 Å². The van der Waals surface area contributed by atoms with E-state index in [1.54, 1.807) is 28.6 Å². The first-order valence-corrected chi connectivity index (χ1v) is 10.6. The third-order valence-electron chi connectivity index (χ3n) is 4.76. The molecule has 170 valence electrons. The highest BCUT2D eigenvalue weighted by molar-refractivity contribution is 7.89. The van der Waals surface area contributed by atoms with Crippen LogP contribution in [0.2, 0.25) is 0 Å². The largest absolute Gasteiger partial charge is 0.490 e. The third-order valence-corrected chi connectivity index (χ3v) is 6.67. The molecular formula is C18H25F3N2O6S. The summed E-state index contributed by atoms with van der Waals surface area (Å²) in [5.74, 6) is -2.64. The Morgan fingerprint density at radius 2 is 1.87 bits per heavy atom. The van der Waals surface area contributed by atoms with Crippen molar-refractivity contribution in [3.05, 3.63) is 30.3 Å². The summed E-state index contributed by atoms with van der Waals surface area (Å²) in [6.45, 7) is 2.84. The van der Waals surface area contributed by atoms with Gasteiger partial charge in [-0.3, -0.25) is 0 Å². The van der Waals surface area contributed by atoms with Crippen LogP contribution in [0.4, 0.5) is 13.2 Å². The topological polar surface area (TPSA) is 96.4 Å². The van der Waals surface area contributed by atoms with E-state index in [0.29, 0.717) is 31.3 Å². The molecule has 12 heteroatoms. The van der Waals surface area contributed by atoms with E-state index in [2.05, 4.69) is 4.90 Å². The normalized spacial score (nSPS) is 24.4. The van der Waals surface area contributed by atoms with Crippen LogP contribution in [0.5, 0.6) is 0 Å². The van der Waals surface area contributed by atoms with Crippen LogP contribution in [0.25, 0.3) is 0 Å². The van der Waals surface area contributed by atoms with E-state index >= 15 is 0 Å². The number of carboxylic acids is 1. The Bertz CT molecular complexity index is 804. The van der Waals surface area contributed by atoms with Crippen molar-refractivity contribution in [3.8, 4) is 0 Å². The van der Waals surface area contributed by atoms with Crippen LogP contribution in [0.1, 0.15) is 0 Å². The molecule has 0 radical (unpaired) electrons. The number of hydrogen-bond acceptors (Lipinski definition) is 6. The number of aliphatic carboxylic acids is 1. The highest BCUT2D eigenvalue weighted by Crippen LogP contribution is 2.35. The molecule has 2 aliphatic heterocycles. The summed E-state index contributed by atoms with van der Waals surface area (Å²) in [5, 5.41) is 7.12. The summed E-state index contributed by atoms with van der Waals surface area (Å²) in [6, 6.07) is 8.47. The number of ether oxygens (including phenoxy) is 2. The molecule has 3 rings (SSSR count). The number of hydrogen-bond donors (Lipinski definition) is 1. The van der Waals surface area contributed by atoms with Crippen LogP contribution >= 0.6 is 0 Å². The Balaban J connectivity index is 0.000000396. The van der Waals surface area contributed by atoms with E-state index in [0.717, 1.165) is 6.54 Å². The van der Waals surface area contributed by atoms with Crippen molar-refractivity contribution < 1.29 is 41.0 Å². The van der Waals surface area contributed by atoms with E-state index in [1.807, 2.05) is 20.2 Å². The lowest BCUT2D eigenvalue weighted by atomic mass is 10.0. The van der Waals surface area contributed by atoms with E-state index in [9.17, 15) is 21.6 Å². The lowest BCUT2D eigenvalue weighted by Crippen LogP contribution is -2.38. The van der Waals surface area contributed by atoms with Gasteiger partial charge in [0.15, 0.2) is 0 Å². The molecule has 8 nitrogen and oxygen atoms in total. The molecule has 3 atom stereocenters. The highest BCUT2D eigenvalue weighted by atomic mass is 32.2. The highest BCUT2D eigenvalue weighted by Gasteiger charge is 2.50. The van der Waals surface area contributed by atoms with Gasteiger partial charge in [0.25, 0.3) is 0 Å². The number of fused-ring (bicyclic) bond motifs is 1. The van der Waals surface area contributed by atoms with Crippen molar-refractivity contribution in [2.75, 3.05) is 47.0 Å². The Morgan fingerprint density at radius 3 is 2.40 bits per heavy atom. The Hall–Kier alpha value is -1.73. The molecule has 0 aromatic heterocycles. The first-order chi connectivity index (χ1) is 13.9. The van der Waals surface area contributed by atoms with Gasteiger partial charge in [-0.1, -0.05) is 18.2 Å². The predicted octanol–water partition coefficient (Wildman–Crippen LogP) is 1.29. The molecule has 1 N–H and O–H groups in total.